The van der Waals surface area contributed by atoms with Crippen molar-refractivity contribution in [2.75, 3.05) is 11.6 Å². The van der Waals surface area contributed by atoms with Gasteiger partial charge in [-0.15, -0.1) is 23.4 Å². The summed E-state index contributed by atoms with van der Waals surface area (Å²) in [6, 6.07) is 0. The minimum absolute atomic E-state index is 0.717. The van der Waals surface area contributed by atoms with Gasteiger partial charge >= 0.3 is 0 Å². The highest BCUT2D eigenvalue weighted by Crippen LogP contribution is 2.20. The number of aromatic nitrogens is 2. The zero-order valence-electron chi connectivity index (χ0n) is 6.33. The van der Waals surface area contributed by atoms with Crippen LogP contribution in [0.5, 0.6) is 0 Å². The molecule has 0 aliphatic carbocycles. The zero-order valence-corrected chi connectivity index (χ0v) is 10.1. The Morgan fingerprint density at radius 2 is 2.42 bits per heavy atom. The Bertz CT molecular complexity index is 247. The lowest BCUT2D eigenvalue weighted by atomic mass is 10.6. The van der Waals surface area contributed by atoms with Gasteiger partial charge in [0.25, 0.3) is 0 Å². The maximum Gasteiger partial charge on any atom is 0.116 e. The van der Waals surface area contributed by atoms with E-state index in [1.807, 2.05) is 6.20 Å². The highest BCUT2D eigenvalue weighted by Gasteiger charge is 1.99. The number of hydrogen-bond acceptors (Lipinski definition) is 3. The Hall–Kier alpha value is 0.450. The third-order valence-electron chi connectivity index (χ3n) is 1.15. The Balaban J connectivity index is 2.46. The highest BCUT2D eigenvalue weighted by molar-refractivity contribution is 14.1. The van der Waals surface area contributed by atoms with Gasteiger partial charge in [-0.05, 0) is 29.0 Å². The van der Waals surface area contributed by atoms with E-state index in [2.05, 4.69) is 32.6 Å². The Morgan fingerprint density at radius 3 is 3.08 bits per heavy atom. The summed E-state index contributed by atoms with van der Waals surface area (Å²) in [5.74, 6) is 1.74. The molecule has 0 atom stereocenters. The monoisotopic (exact) mass is 314 g/mol. The lowest BCUT2D eigenvalue weighted by Crippen LogP contribution is -1.88. The molecule has 0 bridgehead atoms. The molecule has 1 rings (SSSR count). The number of rotatable bonds is 4. The first-order chi connectivity index (χ1) is 5.84. The molecule has 5 heteroatoms. The number of thioether (sulfide) groups is 1. The molecule has 1 aromatic rings. The van der Waals surface area contributed by atoms with E-state index in [4.69, 9.17) is 11.6 Å². The van der Waals surface area contributed by atoms with Crippen LogP contribution >= 0.6 is 46.0 Å². The van der Waals surface area contributed by atoms with Crippen molar-refractivity contribution in [3.05, 3.63) is 16.1 Å². The maximum atomic E-state index is 5.56. The fourth-order valence-corrected chi connectivity index (χ4v) is 2.48. The van der Waals surface area contributed by atoms with Crippen molar-refractivity contribution in [3.63, 3.8) is 0 Å². The molecule has 0 fully saturated rings. The van der Waals surface area contributed by atoms with Gasteiger partial charge in [0.2, 0.25) is 0 Å². The largest absolute Gasteiger partial charge is 0.244 e. The van der Waals surface area contributed by atoms with E-state index in [0.717, 1.165) is 20.8 Å². The van der Waals surface area contributed by atoms with Crippen molar-refractivity contribution in [2.45, 2.75) is 11.4 Å². The molecule has 1 heterocycles. The molecular weight excluding hydrogens is 307 g/mol. The normalized spacial score (nSPS) is 10.2. The van der Waals surface area contributed by atoms with Crippen molar-refractivity contribution in [1.82, 2.24) is 9.97 Å². The van der Waals surface area contributed by atoms with Gasteiger partial charge < -0.3 is 0 Å². The van der Waals surface area contributed by atoms with Crippen LogP contribution < -0.4 is 0 Å². The summed E-state index contributed by atoms with van der Waals surface area (Å²) in [5, 5.41) is 1.05. The summed E-state index contributed by atoms with van der Waals surface area (Å²) in [4.78, 5) is 8.07. The average Bonchev–Trinajstić information content (AvgIpc) is 2.09. The van der Waals surface area contributed by atoms with Crippen molar-refractivity contribution < 1.29 is 0 Å². The average molecular weight is 315 g/mol. The molecule has 0 N–H and O–H groups in total. The summed E-state index contributed by atoms with van der Waals surface area (Å²) < 4.78 is 1.11. The summed E-state index contributed by atoms with van der Waals surface area (Å²) >= 11 is 9.52. The molecule has 0 saturated heterocycles. The number of hydrogen-bond donors (Lipinski definition) is 0. The van der Waals surface area contributed by atoms with Gasteiger partial charge in [0.05, 0.1) is 3.57 Å². The van der Waals surface area contributed by atoms with E-state index in [9.17, 15) is 0 Å². The second kappa shape index (κ2) is 5.99. The van der Waals surface area contributed by atoms with Crippen LogP contribution in [0, 0.1) is 3.57 Å². The molecule has 1 aromatic heterocycles. The molecule has 0 aliphatic rings. The summed E-state index contributed by atoms with van der Waals surface area (Å²) in [7, 11) is 0. The molecule has 0 aliphatic heterocycles. The van der Waals surface area contributed by atoms with E-state index >= 15 is 0 Å². The lowest BCUT2D eigenvalue weighted by Gasteiger charge is -1.99. The molecule has 0 unspecified atom stereocenters. The third-order valence-corrected chi connectivity index (χ3v) is 3.66. The summed E-state index contributed by atoms with van der Waals surface area (Å²) in [6.45, 7) is 0. The first-order valence-corrected chi connectivity index (χ1v) is 6.08. The Morgan fingerprint density at radius 1 is 1.58 bits per heavy atom. The molecule has 0 amide bonds. The zero-order chi connectivity index (χ0) is 8.81. The second-order valence-electron chi connectivity index (χ2n) is 2.07. The highest BCUT2D eigenvalue weighted by atomic mass is 127. The van der Waals surface area contributed by atoms with Crippen molar-refractivity contribution in [3.8, 4) is 0 Å². The van der Waals surface area contributed by atoms with Gasteiger partial charge in [-0.25, -0.2) is 9.97 Å². The predicted molar refractivity (Wildman–Crippen MR) is 60.8 cm³/mol. The maximum absolute atomic E-state index is 5.56. The van der Waals surface area contributed by atoms with Gasteiger partial charge in [-0.2, -0.15) is 0 Å². The topological polar surface area (TPSA) is 25.8 Å². The molecule has 0 aromatic carbocycles. The van der Waals surface area contributed by atoms with E-state index in [1.165, 1.54) is 0 Å². The fraction of sp³-hybridized carbons (Fsp3) is 0.429. The quantitative estimate of drug-likeness (QED) is 0.281. The Kier molecular flexibility index (Phi) is 5.25. The van der Waals surface area contributed by atoms with Crippen LogP contribution in [0.3, 0.4) is 0 Å². The van der Waals surface area contributed by atoms with E-state index < -0.39 is 0 Å². The minimum atomic E-state index is 0.717. The van der Waals surface area contributed by atoms with Gasteiger partial charge in [-0.3, -0.25) is 0 Å². The van der Waals surface area contributed by atoms with Gasteiger partial charge in [0.15, 0.2) is 0 Å². The van der Waals surface area contributed by atoms with Crippen LogP contribution in [0.4, 0.5) is 0 Å². The Labute approximate surface area is 94.7 Å². The molecule has 12 heavy (non-hydrogen) atoms. The SMILES string of the molecule is ClCCCSc1ncncc1I. The van der Waals surface area contributed by atoms with E-state index in [1.54, 1.807) is 18.1 Å². The molecule has 0 saturated carbocycles. The van der Waals surface area contributed by atoms with E-state index in [-0.39, 0.29) is 0 Å². The molecule has 2 nitrogen and oxygen atoms in total. The second-order valence-corrected chi connectivity index (χ2v) is 4.69. The van der Waals surface area contributed by atoms with Crippen molar-refractivity contribution in [2.24, 2.45) is 0 Å². The standard InChI is InChI=1S/C7H8ClIN2S/c8-2-1-3-12-7-6(9)4-10-5-11-7/h4-5H,1-3H2. The number of alkyl halides is 1. The number of halogens is 2. The number of nitrogens with zero attached hydrogens (tertiary/aromatic N) is 2. The van der Waals surface area contributed by atoms with Crippen LogP contribution in [-0.4, -0.2) is 21.6 Å². The first kappa shape index (κ1) is 10.5. The van der Waals surface area contributed by atoms with Gasteiger partial charge in [-0.1, -0.05) is 0 Å². The summed E-state index contributed by atoms with van der Waals surface area (Å²) in [6.07, 6.45) is 4.41. The third kappa shape index (κ3) is 3.45. The molecule has 0 radical (unpaired) electrons. The van der Waals surface area contributed by atoms with Crippen LogP contribution in [0.25, 0.3) is 0 Å². The van der Waals surface area contributed by atoms with E-state index in [0.29, 0.717) is 5.88 Å². The first-order valence-electron chi connectivity index (χ1n) is 3.49. The van der Waals surface area contributed by atoms with Crippen LogP contribution in [0.15, 0.2) is 17.6 Å². The molecule has 0 spiro atoms. The van der Waals surface area contributed by atoms with Gasteiger partial charge in [0.1, 0.15) is 11.4 Å². The predicted octanol–water partition coefficient (Wildman–Crippen LogP) is 2.80. The fourth-order valence-electron chi connectivity index (χ4n) is 0.631. The van der Waals surface area contributed by atoms with Gasteiger partial charge in [0, 0.05) is 17.8 Å². The minimum Gasteiger partial charge on any atom is -0.244 e. The van der Waals surface area contributed by atoms with Crippen LogP contribution in [0.1, 0.15) is 6.42 Å². The van der Waals surface area contributed by atoms with Crippen LogP contribution in [-0.2, 0) is 0 Å². The summed E-state index contributed by atoms with van der Waals surface area (Å²) in [5.41, 5.74) is 0. The van der Waals surface area contributed by atoms with Crippen LogP contribution in [0.2, 0.25) is 0 Å². The smallest absolute Gasteiger partial charge is 0.116 e. The molecule has 66 valence electrons. The lowest BCUT2D eigenvalue weighted by molar-refractivity contribution is 1.02. The van der Waals surface area contributed by atoms with Crippen molar-refractivity contribution in [1.29, 1.82) is 0 Å². The molecular formula is C7H8ClIN2S. The van der Waals surface area contributed by atoms with Crippen molar-refractivity contribution >= 4 is 46.0 Å².